The summed E-state index contributed by atoms with van der Waals surface area (Å²) < 4.78 is 0.861. The average Bonchev–Trinajstić information content (AvgIpc) is 2.12. The van der Waals surface area contributed by atoms with E-state index in [2.05, 4.69) is 21.9 Å². The maximum absolute atomic E-state index is 9.73. The monoisotopic (exact) mass is 272 g/mol. The van der Waals surface area contributed by atoms with Gasteiger partial charge >= 0.3 is 0 Å². The number of aliphatic hydroxyl groups excluding tert-OH is 1. The second-order valence-electron chi connectivity index (χ2n) is 2.96. The van der Waals surface area contributed by atoms with Crippen LogP contribution in [0.5, 0.6) is 0 Å². The van der Waals surface area contributed by atoms with Crippen molar-refractivity contribution < 1.29 is 5.11 Å². The van der Waals surface area contributed by atoms with Crippen molar-refractivity contribution in [3.63, 3.8) is 0 Å². The molecule has 0 aromatic heterocycles. The SMILES string of the molecule is C#CCCC(O)c1cc(Cl)cc(Br)c1. The van der Waals surface area contributed by atoms with Crippen molar-refractivity contribution in [1.82, 2.24) is 0 Å². The Hall–Kier alpha value is -0.490. The van der Waals surface area contributed by atoms with Crippen LogP contribution in [0.2, 0.25) is 5.02 Å². The van der Waals surface area contributed by atoms with Crippen LogP contribution in [0.3, 0.4) is 0 Å². The molecule has 1 atom stereocenters. The van der Waals surface area contributed by atoms with E-state index in [-0.39, 0.29) is 0 Å². The van der Waals surface area contributed by atoms with E-state index in [9.17, 15) is 5.11 Å². The molecule has 0 radical (unpaired) electrons. The Morgan fingerprint density at radius 2 is 2.21 bits per heavy atom. The van der Waals surface area contributed by atoms with E-state index in [0.717, 1.165) is 10.0 Å². The lowest BCUT2D eigenvalue weighted by Crippen LogP contribution is -1.96. The van der Waals surface area contributed by atoms with Gasteiger partial charge in [-0.05, 0) is 30.2 Å². The quantitative estimate of drug-likeness (QED) is 0.835. The van der Waals surface area contributed by atoms with E-state index < -0.39 is 6.10 Å². The van der Waals surface area contributed by atoms with Gasteiger partial charge < -0.3 is 5.11 Å². The minimum Gasteiger partial charge on any atom is -0.388 e. The van der Waals surface area contributed by atoms with Gasteiger partial charge in [-0.25, -0.2) is 0 Å². The first-order valence-electron chi connectivity index (χ1n) is 4.21. The molecule has 0 aliphatic carbocycles. The van der Waals surface area contributed by atoms with Crippen LogP contribution in [0.1, 0.15) is 24.5 Å². The predicted molar refractivity (Wildman–Crippen MR) is 62.2 cm³/mol. The fraction of sp³-hybridized carbons (Fsp3) is 0.273. The topological polar surface area (TPSA) is 20.2 Å². The summed E-state index contributed by atoms with van der Waals surface area (Å²) in [5.41, 5.74) is 0.791. The highest BCUT2D eigenvalue weighted by Gasteiger charge is 2.08. The van der Waals surface area contributed by atoms with Crippen LogP contribution in [0, 0.1) is 12.3 Å². The van der Waals surface area contributed by atoms with Crippen LogP contribution in [0.4, 0.5) is 0 Å². The summed E-state index contributed by atoms with van der Waals surface area (Å²) in [7, 11) is 0. The molecule has 1 N–H and O–H groups in total. The summed E-state index contributed by atoms with van der Waals surface area (Å²) in [5.74, 6) is 2.49. The van der Waals surface area contributed by atoms with Crippen molar-refractivity contribution in [1.29, 1.82) is 0 Å². The molecule has 0 saturated carbocycles. The van der Waals surface area contributed by atoms with Gasteiger partial charge in [-0.3, -0.25) is 0 Å². The Labute approximate surface area is 97.2 Å². The zero-order chi connectivity index (χ0) is 10.6. The Bertz CT molecular complexity index is 337. The van der Waals surface area contributed by atoms with E-state index in [1.54, 1.807) is 12.1 Å². The molecule has 0 saturated heterocycles. The molecule has 3 heteroatoms. The molecule has 1 aromatic rings. The predicted octanol–water partition coefficient (Wildman–Crippen LogP) is 3.55. The van der Waals surface area contributed by atoms with Gasteiger partial charge in [0.1, 0.15) is 0 Å². The highest BCUT2D eigenvalue weighted by atomic mass is 79.9. The average molecular weight is 274 g/mol. The van der Waals surface area contributed by atoms with Gasteiger partial charge in [0.25, 0.3) is 0 Å². The van der Waals surface area contributed by atoms with Gasteiger partial charge in [-0.15, -0.1) is 12.3 Å². The summed E-state index contributed by atoms with van der Waals surface area (Å²) in [6.07, 6.45) is 5.70. The molecule has 0 bridgehead atoms. The van der Waals surface area contributed by atoms with Gasteiger partial charge in [0.2, 0.25) is 0 Å². The van der Waals surface area contributed by atoms with E-state index in [1.807, 2.05) is 6.07 Å². The number of halogens is 2. The first-order valence-corrected chi connectivity index (χ1v) is 5.38. The van der Waals surface area contributed by atoms with Crippen molar-refractivity contribution in [2.24, 2.45) is 0 Å². The van der Waals surface area contributed by atoms with Crippen molar-refractivity contribution in [3.8, 4) is 12.3 Å². The first kappa shape index (κ1) is 11.6. The third kappa shape index (κ3) is 3.34. The minimum atomic E-state index is -0.541. The smallest absolute Gasteiger partial charge is 0.0800 e. The molecule has 0 aliphatic heterocycles. The van der Waals surface area contributed by atoms with Crippen LogP contribution < -0.4 is 0 Å². The summed E-state index contributed by atoms with van der Waals surface area (Å²) in [6, 6.07) is 5.36. The third-order valence-electron chi connectivity index (χ3n) is 1.83. The lowest BCUT2D eigenvalue weighted by Gasteiger charge is -2.09. The lowest BCUT2D eigenvalue weighted by atomic mass is 10.1. The van der Waals surface area contributed by atoms with Gasteiger partial charge in [-0.1, -0.05) is 27.5 Å². The van der Waals surface area contributed by atoms with E-state index >= 15 is 0 Å². The summed E-state index contributed by atoms with van der Waals surface area (Å²) in [6.45, 7) is 0. The molecule has 0 spiro atoms. The largest absolute Gasteiger partial charge is 0.388 e. The number of hydrogen-bond acceptors (Lipinski definition) is 1. The van der Waals surface area contributed by atoms with Gasteiger partial charge in [-0.2, -0.15) is 0 Å². The van der Waals surface area contributed by atoms with Crippen LogP contribution in [-0.2, 0) is 0 Å². The normalized spacial score (nSPS) is 12.1. The Morgan fingerprint density at radius 1 is 1.50 bits per heavy atom. The molecular formula is C11H10BrClO. The fourth-order valence-corrected chi connectivity index (χ4v) is 2.04. The Morgan fingerprint density at radius 3 is 2.79 bits per heavy atom. The van der Waals surface area contributed by atoms with E-state index in [4.69, 9.17) is 18.0 Å². The molecule has 0 aliphatic rings. The maximum atomic E-state index is 9.73. The van der Waals surface area contributed by atoms with Gasteiger partial charge in [0.05, 0.1) is 6.10 Å². The second kappa shape index (κ2) is 5.41. The van der Waals surface area contributed by atoms with E-state index in [0.29, 0.717) is 17.9 Å². The third-order valence-corrected chi connectivity index (χ3v) is 2.51. The van der Waals surface area contributed by atoms with Crippen molar-refractivity contribution >= 4 is 27.5 Å². The maximum Gasteiger partial charge on any atom is 0.0800 e. The highest BCUT2D eigenvalue weighted by Crippen LogP contribution is 2.25. The van der Waals surface area contributed by atoms with Gasteiger partial charge in [0, 0.05) is 15.9 Å². The molecule has 14 heavy (non-hydrogen) atoms. The molecule has 74 valence electrons. The van der Waals surface area contributed by atoms with E-state index in [1.165, 1.54) is 0 Å². The fourth-order valence-electron chi connectivity index (χ4n) is 1.15. The number of terminal acetylenes is 1. The van der Waals surface area contributed by atoms with Crippen LogP contribution >= 0.6 is 27.5 Å². The highest BCUT2D eigenvalue weighted by molar-refractivity contribution is 9.10. The molecule has 1 nitrogen and oxygen atoms in total. The summed E-state index contributed by atoms with van der Waals surface area (Å²) in [4.78, 5) is 0. The van der Waals surface area contributed by atoms with Gasteiger partial charge in [0.15, 0.2) is 0 Å². The number of hydrogen-bond donors (Lipinski definition) is 1. The zero-order valence-corrected chi connectivity index (χ0v) is 9.85. The Kier molecular flexibility index (Phi) is 4.47. The molecule has 1 aromatic carbocycles. The first-order chi connectivity index (χ1) is 6.63. The van der Waals surface area contributed by atoms with Crippen molar-refractivity contribution in [2.75, 3.05) is 0 Å². The molecule has 1 rings (SSSR count). The Balaban J connectivity index is 2.79. The molecule has 0 heterocycles. The van der Waals surface area contributed by atoms with Crippen LogP contribution in [0.15, 0.2) is 22.7 Å². The number of rotatable bonds is 3. The minimum absolute atomic E-state index is 0.541. The lowest BCUT2D eigenvalue weighted by molar-refractivity contribution is 0.169. The molecule has 1 unspecified atom stereocenters. The van der Waals surface area contributed by atoms with Crippen molar-refractivity contribution in [2.45, 2.75) is 18.9 Å². The standard InChI is InChI=1S/C11H10BrClO/c1-2-3-4-11(14)8-5-9(12)7-10(13)6-8/h1,5-7,11,14H,3-4H2. The summed E-state index contributed by atoms with van der Waals surface area (Å²) in [5, 5.41) is 10.3. The van der Waals surface area contributed by atoms with Crippen LogP contribution in [-0.4, -0.2) is 5.11 Å². The zero-order valence-electron chi connectivity index (χ0n) is 7.50. The molecule has 0 fully saturated rings. The van der Waals surface area contributed by atoms with Crippen molar-refractivity contribution in [3.05, 3.63) is 33.3 Å². The molecular weight excluding hydrogens is 263 g/mol. The number of aliphatic hydroxyl groups is 1. The molecule has 0 amide bonds. The number of benzene rings is 1. The summed E-state index contributed by atoms with van der Waals surface area (Å²) >= 11 is 9.16. The van der Waals surface area contributed by atoms with Crippen LogP contribution in [0.25, 0.3) is 0 Å². The second-order valence-corrected chi connectivity index (χ2v) is 4.31.